The van der Waals surface area contributed by atoms with Gasteiger partial charge in [0, 0.05) is 11.6 Å². The van der Waals surface area contributed by atoms with Crippen molar-refractivity contribution in [2.24, 2.45) is 0 Å². The molecule has 1 amide bonds. The van der Waals surface area contributed by atoms with Crippen molar-refractivity contribution in [2.45, 2.75) is 0 Å². The minimum Gasteiger partial charge on any atom is -0.508 e. The van der Waals surface area contributed by atoms with Crippen molar-refractivity contribution in [3.8, 4) is 22.9 Å². The molecule has 0 spiro atoms. The topological polar surface area (TPSA) is 84.3 Å². The van der Waals surface area contributed by atoms with Crippen molar-refractivity contribution in [3.63, 3.8) is 0 Å². The monoisotopic (exact) mass is 389 g/mol. The van der Waals surface area contributed by atoms with Gasteiger partial charge in [0.2, 0.25) is 0 Å². The standard InChI is InChI=1S/C18H13Cl2N3O3/c19-15-5-4-14(7-16(15)20)26-10-17(25)23-12-8-21-18(22-9-12)11-2-1-3-13(24)6-11/h1-9,24H,10H2,(H,23,25). The van der Waals surface area contributed by atoms with Crippen LogP contribution in [0.2, 0.25) is 10.0 Å². The second-order valence-electron chi connectivity index (χ2n) is 5.26. The van der Waals surface area contributed by atoms with Gasteiger partial charge in [-0.3, -0.25) is 4.79 Å². The molecule has 1 heterocycles. The average Bonchev–Trinajstić information content (AvgIpc) is 2.63. The van der Waals surface area contributed by atoms with Crippen molar-refractivity contribution in [1.29, 1.82) is 0 Å². The molecular weight excluding hydrogens is 377 g/mol. The molecule has 0 aliphatic heterocycles. The number of aromatic hydroxyl groups is 1. The van der Waals surface area contributed by atoms with Crippen molar-refractivity contribution in [3.05, 3.63) is 64.9 Å². The van der Waals surface area contributed by atoms with E-state index in [1.54, 1.807) is 36.4 Å². The van der Waals surface area contributed by atoms with E-state index in [4.69, 9.17) is 27.9 Å². The number of benzene rings is 2. The maximum atomic E-state index is 12.0. The van der Waals surface area contributed by atoms with Crippen LogP contribution in [0.1, 0.15) is 0 Å². The molecule has 0 aliphatic rings. The maximum Gasteiger partial charge on any atom is 0.262 e. The van der Waals surface area contributed by atoms with Crippen LogP contribution < -0.4 is 10.1 Å². The molecule has 0 fully saturated rings. The zero-order chi connectivity index (χ0) is 18.5. The van der Waals surface area contributed by atoms with E-state index in [9.17, 15) is 9.90 Å². The highest BCUT2D eigenvalue weighted by Gasteiger charge is 2.07. The Morgan fingerprint density at radius 3 is 2.54 bits per heavy atom. The fraction of sp³-hybridized carbons (Fsp3) is 0.0556. The molecule has 1 aromatic heterocycles. The summed E-state index contributed by atoms with van der Waals surface area (Å²) in [7, 11) is 0. The molecule has 0 bridgehead atoms. The third-order valence-corrected chi connectivity index (χ3v) is 4.04. The van der Waals surface area contributed by atoms with Crippen molar-refractivity contribution < 1.29 is 14.6 Å². The Balaban J connectivity index is 1.58. The highest BCUT2D eigenvalue weighted by Crippen LogP contribution is 2.26. The van der Waals surface area contributed by atoms with Crippen LogP contribution in [-0.4, -0.2) is 27.6 Å². The molecular formula is C18H13Cl2N3O3. The molecule has 0 saturated heterocycles. The molecule has 0 aliphatic carbocycles. The lowest BCUT2D eigenvalue weighted by atomic mass is 10.2. The van der Waals surface area contributed by atoms with Gasteiger partial charge in [-0.15, -0.1) is 0 Å². The van der Waals surface area contributed by atoms with Gasteiger partial charge in [-0.25, -0.2) is 9.97 Å². The Morgan fingerprint density at radius 1 is 1.08 bits per heavy atom. The summed E-state index contributed by atoms with van der Waals surface area (Å²) in [6.07, 6.45) is 2.95. The number of aromatic nitrogens is 2. The molecule has 26 heavy (non-hydrogen) atoms. The molecule has 132 valence electrons. The number of ether oxygens (including phenoxy) is 1. The lowest BCUT2D eigenvalue weighted by molar-refractivity contribution is -0.118. The predicted molar refractivity (Wildman–Crippen MR) is 99.7 cm³/mol. The van der Waals surface area contributed by atoms with Gasteiger partial charge in [0.1, 0.15) is 11.5 Å². The zero-order valence-corrected chi connectivity index (χ0v) is 14.8. The first-order chi connectivity index (χ1) is 12.5. The van der Waals surface area contributed by atoms with Crippen molar-refractivity contribution in [2.75, 3.05) is 11.9 Å². The van der Waals surface area contributed by atoms with E-state index in [1.165, 1.54) is 18.5 Å². The van der Waals surface area contributed by atoms with Gasteiger partial charge in [-0.2, -0.15) is 0 Å². The largest absolute Gasteiger partial charge is 0.508 e. The van der Waals surface area contributed by atoms with Crippen LogP contribution in [0.3, 0.4) is 0 Å². The molecule has 8 heteroatoms. The number of carbonyl (C=O) groups is 1. The lowest BCUT2D eigenvalue weighted by Crippen LogP contribution is -2.20. The second kappa shape index (κ2) is 8.03. The number of carbonyl (C=O) groups excluding carboxylic acids is 1. The SMILES string of the molecule is O=C(COc1ccc(Cl)c(Cl)c1)Nc1cnc(-c2cccc(O)c2)nc1. The predicted octanol–water partition coefficient (Wildman–Crippen LogP) is 4.17. The third kappa shape index (κ3) is 4.62. The second-order valence-corrected chi connectivity index (χ2v) is 6.07. The number of nitrogens with zero attached hydrogens (tertiary/aromatic N) is 2. The minimum absolute atomic E-state index is 0.128. The molecule has 0 saturated carbocycles. The molecule has 0 radical (unpaired) electrons. The number of halogens is 2. The minimum atomic E-state index is -0.371. The van der Waals surface area contributed by atoms with Crippen LogP contribution >= 0.6 is 23.2 Å². The van der Waals surface area contributed by atoms with Crippen LogP contribution in [-0.2, 0) is 4.79 Å². The Labute approximate surface area is 159 Å². The molecule has 2 aromatic carbocycles. The molecule has 3 aromatic rings. The number of nitrogens with one attached hydrogen (secondary N) is 1. The summed E-state index contributed by atoms with van der Waals surface area (Å²) in [5.74, 6) is 0.628. The van der Waals surface area contributed by atoms with Gasteiger partial charge in [-0.05, 0) is 24.3 Å². The van der Waals surface area contributed by atoms with E-state index in [0.717, 1.165) is 0 Å². The Kier molecular flexibility index (Phi) is 5.55. The highest BCUT2D eigenvalue weighted by molar-refractivity contribution is 6.42. The summed E-state index contributed by atoms with van der Waals surface area (Å²) in [6, 6.07) is 11.3. The first kappa shape index (κ1) is 18.0. The van der Waals surface area contributed by atoms with E-state index >= 15 is 0 Å². The van der Waals surface area contributed by atoms with Gasteiger partial charge in [0.05, 0.1) is 28.1 Å². The quantitative estimate of drug-likeness (QED) is 0.683. The van der Waals surface area contributed by atoms with Crippen LogP contribution in [0.25, 0.3) is 11.4 Å². The van der Waals surface area contributed by atoms with Gasteiger partial charge in [-0.1, -0.05) is 35.3 Å². The fourth-order valence-corrected chi connectivity index (χ4v) is 2.39. The number of amides is 1. The normalized spacial score (nSPS) is 10.4. The summed E-state index contributed by atoms with van der Waals surface area (Å²) in [5, 5.41) is 12.9. The summed E-state index contributed by atoms with van der Waals surface area (Å²) in [6.45, 7) is -0.202. The number of hydrogen-bond acceptors (Lipinski definition) is 5. The Morgan fingerprint density at radius 2 is 1.85 bits per heavy atom. The number of phenols is 1. The van der Waals surface area contributed by atoms with Crippen molar-refractivity contribution in [1.82, 2.24) is 9.97 Å². The molecule has 2 N–H and O–H groups in total. The molecule has 0 atom stereocenters. The zero-order valence-electron chi connectivity index (χ0n) is 13.3. The van der Waals surface area contributed by atoms with E-state index in [-0.39, 0.29) is 18.3 Å². The van der Waals surface area contributed by atoms with Crippen LogP contribution in [0, 0.1) is 0 Å². The summed E-state index contributed by atoms with van der Waals surface area (Å²) >= 11 is 11.7. The lowest BCUT2D eigenvalue weighted by Gasteiger charge is -2.08. The van der Waals surface area contributed by atoms with E-state index in [2.05, 4.69) is 15.3 Å². The van der Waals surface area contributed by atoms with Gasteiger partial charge >= 0.3 is 0 Å². The van der Waals surface area contributed by atoms with Crippen LogP contribution in [0.5, 0.6) is 11.5 Å². The number of rotatable bonds is 5. The molecule has 6 nitrogen and oxygen atoms in total. The van der Waals surface area contributed by atoms with Gasteiger partial charge in [0.15, 0.2) is 12.4 Å². The maximum absolute atomic E-state index is 12.0. The first-order valence-corrected chi connectivity index (χ1v) is 8.26. The third-order valence-electron chi connectivity index (χ3n) is 3.30. The smallest absolute Gasteiger partial charge is 0.262 e. The van der Waals surface area contributed by atoms with E-state index in [1.807, 2.05) is 0 Å². The Bertz CT molecular complexity index is 933. The van der Waals surface area contributed by atoms with E-state index < -0.39 is 0 Å². The highest BCUT2D eigenvalue weighted by atomic mass is 35.5. The summed E-state index contributed by atoms with van der Waals surface area (Å²) < 4.78 is 5.36. The fourth-order valence-electron chi connectivity index (χ4n) is 2.10. The summed E-state index contributed by atoms with van der Waals surface area (Å²) in [4.78, 5) is 20.3. The first-order valence-electron chi connectivity index (χ1n) is 7.50. The Hall–Kier alpha value is -2.83. The number of phenolic OH excluding ortho intramolecular Hbond substituents is 1. The average molecular weight is 390 g/mol. The van der Waals surface area contributed by atoms with Gasteiger partial charge < -0.3 is 15.2 Å². The number of anilines is 1. The van der Waals surface area contributed by atoms with Crippen molar-refractivity contribution >= 4 is 34.8 Å². The van der Waals surface area contributed by atoms with E-state index in [0.29, 0.717) is 32.9 Å². The van der Waals surface area contributed by atoms with Crippen LogP contribution in [0.4, 0.5) is 5.69 Å². The van der Waals surface area contributed by atoms with Crippen LogP contribution in [0.15, 0.2) is 54.9 Å². The summed E-state index contributed by atoms with van der Waals surface area (Å²) in [5.41, 5.74) is 1.10. The molecule has 3 rings (SSSR count). The molecule has 0 unspecified atom stereocenters. The van der Waals surface area contributed by atoms with Gasteiger partial charge in [0.25, 0.3) is 5.91 Å². The number of hydrogen-bond donors (Lipinski definition) is 2.